The maximum Gasteiger partial charge on any atom is 0.252 e. The summed E-state index contributed by atoms with van der Waals surface area (Å²) in [6.45, 7) is 6.17. The lowest BCUT2D eigenvalue weighted by molar-refractivity contribution is 0.470. The topological polar surface area (TPSA) is 49.4 Å². The molecule has 0 spiro atoms. The van der Waals surface area contributed by atoms with Crippen LogP contribution < -0.4 is 5.32 Å². The van der Waals surface area contributed by atoms with Gasteiger partial charge < -0.3 is 5.32 Å². The number of thiophene rings is 1. The SMILES string of the molecule is CCCN(C)S(=O)(=O)c1ccc(CNCC)s1. The average molecular weight is 276 g/mol. The minimum absolute atomic E-state index is 0.432. The smallest absolute Gasteiger partial charge is 0.252 e. The first-order valence-electron chi connectivity index (χ1n) is 5.78. The van der Waals surface area contributed by atoms with E-state index in [1.807, 2.05) is 19.9 Å². The van der Waals surface area contributed by atoms with Gasteiger partial charge >= 0.3 is 0 Å². The van der Waals surface area contributed by atoms with Crippen molar-refractivity contribution in [2.75, 3.05) is 20.1 Å². The molecule has 0 aliphatic heterocycles. The molecule has 1 N–H and O–H groups in total. The van der Waals surface area contributed by atoms with Crippen molar-refractivity contribution < 1.29 is 8.42 Å². The van der Waals surface area contributed by atoms with Gasteiger partial charge in [-0.25, -0.2) is 12.7 Å². The van der Waals surface area contributed by atoms with E-state index in [1.165, 1.54) is 15.6 Å². The molecule has 0 unspecified atom stereocenters. The predicted molar refractivity (Wildman–Crippen MR) is 71.8 cm³/mol. The highest BCUT2D eigenvalue weighted by atomic mass is 32.2. The molecule has 1 heterocycles. The van der Waals surface area contributed by atoms with Crippen molar-refractivity contribution >= 4 is 21.4 Å². The van der Waals surface area contributed by atoms with E-state index in [4.69, 9.17) is 0 Å². The molecule has 0 radical (unpaired) electrons. The maximum atomic E-state index is 12.1. The molecule has 6 heteroatoms. The van der Waals surface area contributed by atoms with Crippen molar-refractivity contribution in [2.45, 2.75) is 31.0 Å². The van der Waals surface area contributed by atoms with Crippen LogP contribution in [0.1, 0.15) is 25.1 Å². The van der Waals surface area contributed by atoms with Crippen molar-refractivity contribution in [3.8, 4) is 0 Å². The van der Waals surface area contributed by atoms with E-state index < -0.39 is 10.0 Å². The third kappa shape index (κ3) is 3.77. The van der Waals surface area contributed by atoms with Gasteiger partial charge in [0.15, 0.2) is 0 Å². The van der Waals surface area contributed by atoms with Crippen LogP contribution in [0.5, 0.6) is 0 Å². The van der Waals surface area contributed by atoms with E-state index in [1.54, 1.807) is 13.1 Å². The van der Waals surface area contributed by atoms with E-state index in [0.717, 1.165) is 24.4 Å². The van der Waals surface area contributed by atoms with Crippen LogP contribution in [0.3, 0.4) is 0 Å². The fraction of sp³-hybridized carbons (Fsp3) is 0.636. The highest BCUT2D eigenvalue weighted by Crippen LogP contribution is 2.24. The molecular formula is C11H20N2O2S2. The second kappa shape index (κ2) is 6.49. The second-order valence-electron chi connectivity index (χ2n) is 3.83. The average Bonchev–Trinajstić information content (AvgIpc) is 2.75. The van der Waals surface area contributed by atoms with Crippen LogP contribution in [0.2, 0.25) is 0 Å². The maximum absolute atomic E-state index is 12.1. The van der Waals surface area contributed by atoms with Crippen LogP contribution in [0.4, 0.5) is 0 Å². The van der Waals surface area contributed by atoms with Crippen molar-refractivity contribution in [2.24, 2.45) is 0 Å². The first kappa shape index (κ1) is 14.6. The summed E-state index contributed by atoms with van der Waals surface area (Å²) < 4.78 is 26.1. The summed E-state index contributed by atoms with van der Waals surface area (Å²) in [4.78, 5) is 1.05. The molecule has 0 saturated carbocycles. The molecule has 1 aromatic heterocycles. The third-order valence-electron chi connectivity index (χ3n) is 2.39. The molecule has 0 aliphatic carbocycles. The minimum Gasteiger partial charge on any atom is -0.312 e. The van der Waals surface area contributed by atoms with Gasteiger partial charge in [0, 0.05) is 25.0 Å². The lowest BCUT2D eigenvalue weighted by Crippen LogP contribution is -2.26. The molecule has 4 nitrogen and oxygen atoms in total. The molecule has 0 amide bonds. The normalized spacial score (nSPS) is 12.2. The lowest BCUT2D eigenvalue weighted by atomic mass is 10.4. The van der Waals surface area contributed by atoms with Gasteiger partial charge in [-0.05, 0) is 25.1 Å². The predicted octanol–water partition coefficient (Wildman–Crippen LogP) is 1.89. The Hall–Kier alpha value is -0.430. The molecule has 17 heavy (non-hydrogen) atoms. The summed E-state index contributed by atoms with van der Waals surface area (Å²) in [5.74, 6) is 0. The fourth-order valence-electron chi connectivity index (χ4n) is 1.43. The van der Waals surface area contributed by atoms with Gasteiger partial charge in [-0.2, -0.15) is 0 Å². The van der Waals surface area contributed by atoms with Gasteiger partial charge in [0.05, 0.1) is 0 Å². The number of sulfonamides is 1. The zero-order valence-corrected chi connectivity index (χ0v) is 12.2. The van der Waals surface area contributed by atoms with Crippen molar-refractivity contribution in [3.63, 3.8) is 0 Å². The highest BCUT2D eigenvalue weighted by molar-refractivity contribution is 7.91. The fourth-order valence-corrected chi connectivity index (χ4v) is 4.23. The summed E-state index contributed by atoms with van der Waals surface area (Å²) >= 11 is 1.34. The van der Waals surface area contributed by atoms with Crippen molar-refractivity contribution in [3.05, 3.63) is 17.0 Å². The Bertz CT molecular complexity index is 440. The van der Waals surface area contributed by atoms with E-state index in [9.17, 15) is 8.42 Å². The number of hydrogen-bond donors (Lipinski definition) is 1. The summed E-state index contributed by atoms with van der Waals surface area (Å²) in [6.07, 6.45) is 0.825. The van der Waals surface area contributed by atoms with Gasteiger partial charge in [-0.15, -0.1) is 11.3 Å². The molecule has 98 valence electrons. The first-order valence-corrected chi connectivity index (χ1v) is 8.03. The molecule has 0 aliphatic rings. The van der Waals surface area contributed by atoms with E-state index in [2.05, 4.69) is 5.32 Å². The quantitative estimate of drug-likeness (QED) is 0.827. The van der Waals surface area contributed by atoms with Gasteiger partial charge in [-0.1, -0.05) is 13.8 Å². The van der Waals surface area contributed by atoms with Gasteiger partial charge in [0.2, 0.25) is 0 Å². The van der Waals surface area contributed by atoms with Crippen molar-refractivity contribution in [1.82, 2.24) is 9.62 Å². The van der Waals surface area contributed by atoms with Crippen molar-refractivity contribution in [1.29, 1.82) is 0 Å². The van der Waals surface area contributed by atoms with Crippen LogP contribution in [-0.4, -0.2) is 32.9 Å². The second-order valence-corrected chi connectivity index (χ2v) is 7.27. The molecular weight excluding hydrogens is 256 g/mol. The van der Waals surface area contributed by atoms with Gasteiger partial charge in [0.25, 0.3) is 10.0 Å². The molecule has 1 aromatic rings. The largest absolute Gasteiger partial charge is 0.312 e. The zero-order chi connectivity index (χ0) is 12.9. The van der Waals surface area contributed by atoms with Gasteiger partial charge in [-0.3, -0.25) is 0 Å². The van der Waals surface area contributed by atoms with Crippen LogP contribution in [-0.2, 0) is 16.6 Å². The Morgan fingerprint density at radius 3 is 2.65 bits per heavy atom. The molecule has 0 bridgehead atoms. The Morgan fingerprint density at radius 2 is 2.06 bits per heavy atom. The monoisotopic (exact) mass is 276 g/mol. The van der Waals surface area contributed by atoms with Gasteiger partial charge in [0.1, 0.15) is 4.21 Å². The number of hydrogen-bond acceptors (Lipinski definition) is 4. The molecule has 0 atom stereocenters. The third-order valence-corrected chi connectivity index (χ3v) is 5.80. The molecule has 0 fully saturated rings. The molecule has 0 saturated heterocycles. The Labute approximate surface area is 108 Å². The van der Waals surface area contributed by atoms with E-state index in [-0.39, 0.29) is 0 Å². The number of rotatable bonds is 7. The molecule has 0 aromatic carbocycles. The Kier molecular flexibility index (Phi) is 5.58. The molecule has 1 rings (SSSR count). The Morgan fingerprint density at radius 1 is 1.35 bits per heavy atom. The van der Waals surface area contributed by atoms with E-state index >= 15 is 0 Å². The number of nitrogens with zero attached hydrogens (tertiary/aromatic N) is 1. The van der Waals surface area contributed by atoms with Crippen LogP contribution >= 0.6 is 11.3 Å². The summed E-state index contributed by atoms with van der Waals surface area (Å²) in [5, 5.41) is 3.19. The number of nitrogens with one attached hydrogen (secondary N) is 1. The summed E-state index contributed by atoms with van der Waals surface area (Å²) in [5.41, 5.74) is 0. The summed E-state index contributed by atoms with van der Waals surface area (Å²) in [6, 6.07) is 3.57. The van der Waals surface area contributed by atoms with Crippen LogP contribution in [0, 0.1) is 0 Å². The lowest BCUT2D eigenvalue weighted by Gasteiger charge is -2.14. The van der Waals surface area contributed by atoms with Crippen LogP contribution in [0.25, 0.3) is 0 Å². The standard InChI is InChI=1S/C11H20N2O2S2/c1-4-8-13(3)17(14,15)11-7-6-10(16-11)9-12-5-2/h6-7,12H,4-5,8-9H2,1-3H3. The zero-order valence-electron chi connectivity index (χ0n) is 10.6. The van der Waals surface area contributed by atoms with E-state index in [0.29, 0.717) is 10.8 Å². The minimum atomic E-state index is -3.28. The van der Waals surface area contributed by atoms with Crippen LogP contribution in [0.15, 0.2) is 16.3 Å². The highest BCUT2D eigenvalue weighted by Gasteiger charge is 2.21. The Balaban J connectivity index is 2.81. The summed E-state index contributed by atoms with van der Waals surface area (Å²) in [7, 11) is -1.65. The first-order chi connectivity index (χ1) is 8.02.